The van der Waals surface area contributed by atoms with Gasteiger partial charge in [0.15, 0.2) is 0 Å². The van der Waals surface area contributed by atoms with E-state index in [2.05, 4.69) is 27.3 Å². The molecule has 0 heterocycles. The molecule has 1 amide bonds. The van der Waals surface area contributed by atoms with Crippen molar-refractivity contribution in [2.75, 3.05) is 5.32 Å². The van der Waals surface area contributed by atoms with E-state index in [4.69, 9.17) is 11.6 Å². The molecule has 0 aliphatic heterocycles. The third kappa shape index (κ3) is 3.74. The number of carbonyl (C=O) groups excluding carboxylic acids is 1. The van der Waals surface area contributed by atoms with E-state index in [1.54, 1.807) is 42.5 Å². The summed E-state index contributed by atoms with van der Waals surface area (Å²) in [7, 11) is 0. The van der Waals surface area contributed by atoms with Gasteiger partial charge in [-0.3, -0.25) is 4.79 Å². The Morgan fingerprint density at radius 3 is 2.40 bits per heavy atom. The Bertz CT molecular complexity index is 995. The summed E-state index contributed by atoms with van der Waals surface area (Å²) in [6.45, 7) is 0. The van der Waals surface area contributed by atoms with Crippen LogP contribution in [0.5, 0.6) is 0 Å². The Kier molecular flexibility index (Phi) is 5.18. The number of hydrogen-bond donors (Lipinski definition) is 1. The lowest BCUT2D eigenvalue weighted by Crippen LogP contribution is -2.13. The van der Waals surface area contributed by atoms with Crippen LogP contribution in [0.25, 0.3) is 11.1 Å². The van der Waals surface area contributed by atoms with Crippen LogP contribution in [0.15, 0.2) is 71.2 Å². The lowest BCUT2D eigenvalue weighted by atomic mass is 9.95. The monoisotopic (exact) mass is 410 g/mol. The average Bonchev–Trinajstić information content (AvgIpc) is 2.64. The molecule has 0 aliphatic rings. The summed E-state index contributed by atoms with van der Waals surface area (Å²) in [4.78, 5) is 12.8. The Balaban J connectivity index is 2.01. The maximum absolute atomic E-state index is 12.8. The van der Waals surface area contributed by atoms with Crippen molar-refractivity contribution in [1.82, 2.24) is 0 Å². The van der Waals surface area contributed by atoms with Gasteiger partial charge in [-0.15, -0.1) is 0 Å². The minimum absolute atomic E-state index is 0.285. The molecule has 3 nitrogen and oxygen atoms in total. The Morgan fingerprint density at radius 1 is 1.00 bits per heavy atom. The summed E-state index contributed by atoms with van der Waals surface area (Å²) < 4.78 is 0.832. The molecule has 25 heavy (non-hydrogen) atoms. The van der Waals surface area contributed by atoms with Crippen molar-refractivity contribution in [3.8, 4) is 17.2 Å². The molecule has 0 unspecified atom stereocenters. The van der Waals surface area contributed by atoms with Gasteiger partial charge in [-0.05, 0) is 35.9 Å². The van der Waals surface area contributed by atoms with Gasteiger partial charge in [-0.25, -0.2) is 0 Å². The Morgan fingerprint density at radius 2 is 1.68 bits per heavy atom. The number of hydrogen-bond acceptors (Lipinski definition) is 2. The highest BCUT2D eigenvalue weighted by atomic mass is 79.9. The van der Waals surface area contributed by atoms with Gasteiger partial charge in [0.25, 0.3) is 5.91 Å². The number of nitrogens with zero attached hydrogens (tertiary/aromatic N) is 1. The highest BCUT2D eigenvalue weighted by Crippen LogP contribution is 2.29. The molecule has 1 N–H and O–H groups in total. The molecule has 0 atom stereocenters. The zero-order chi connectivity index (χ0) is 17.8. The maximum Gasteiger partial charge on any atom is 0.256 e. The first-order chi connectivity index (χ1) is 12.1. The molecule has 3 aromatic carbocycles. The van der Waals surface area contributed by atoms with E-state index in [-0.39, 0.29) is 5.91 Å². The van der Waals surface area contributed by atoms with E-state index in [1.807, 2.05) is 24.3 Å². The number of amides is 1. The SMILES string of the molecule is N#Cc1ccccc1-c1ccccc1C(=O)Nc1ccc(Br)cc1Cl. The normalized spacial score (nSPS) is 10.1. The van der Waals surface area contributed by atoms with E-state index in [1.165, 1.54) is 0 Å². The van der Waals surface area contributed by atoms with Crippen LogP contribution in [0, 0.1) is 11.3 Å². The molecular weight excluding hydrogens is 400 g/mol. The minimum atomic E-state index is -0.285. The topological polar surface area (TPSA) is 52.9 Å². The molecule has 122 valence electrons. The zero-order valence-electron chi connectivity index (χ0n) is 13.0. The van der Waals surface area contributed by atoms with Crippen molar-refractivity contribution in [1.29, 1.82) is 5.26 Å². The van der Waals surface area contributed by atoms with Crippen molar-refractivity contribution in [2.24, 2.45) is 0 Å². The maximum atomic E-state index is 12.8. The van der Waals surface area contributed by atoms with Gasteiger partial charge in [-0.2, -0.15) is 5.26 Å². The van der Waals surface area contributed by atoms with E-state index in [0.717, 1.165) is 10.0 Å². The van der Waals surface area contributed by atoms with Crippen LogP contribution in [0.3, 0.4) is 0 Å². The summed E-state index contributed by atoms with van der Waals surface area (Å²) >= 11 is 9.52. The van der Waals surface area contributed by atoms with Crippen LogP contribution >= 0.6 is 27.5 Å². The number of benzene rings is 3. The third-order valence-electron chi connectivity index (χ3n) is 3.69. The second-order valence-electron chi connectivity index (χ2n) is 5.28. The fourth-order valence-electron chi connectivity index (χ4n) is 2.51. The van der Waals surface area contributed by atoms with E-state index in [9.17, 15) is 10.1 Å². The standard InChI is InChI=1S/C20H12BrClN2O/c21-14-9-10-19(18(22)11-14)24-20(25)17-8-4-3-7-16(17)15-6-2-1-5-13(15)12-23/h1-11H,(H,24,25). The first-order valence-electron chi connectivity index (χ1n) is 7.45. The molecule has 0 aliphatic carbocycles. The predicted molar refractivity (Wildman–Crippen MR) is 104 cm³/mol. The van der Waals surface area contributed by atoms with Gasteiger partial charge in [0.1, 0.15) is 0 Å². The second kappa shape index (κ2) is 7.52. The minimum Gasteiger partial charge on any atom is -0.321 e. The molecule has 3 rings (SSSR count). The highest BCUT2D eigenvalue weighted by molar-refractivity contribution is 9.10. The van der Waals surface area contributed by atoms with Crippen LogP contribution < -0.4 is 5.32 Å². The van der Waals surface area contributed by atoms with E-state index in [0.29, 0.717) is 27.4 Å². The largest absolute Gasteiger partial charge is 0.321 e. The number of nitrogens with one attached hydrogen (secondary N) is 1. The molecule has 0 saturated heterocycles. The summed E-state index contributed by atoms with van der Waals surface area (Å²) in [6, 6.07) is 21.8. The summed E-state index contributed by atoms with van der Waals surface area (Å²) in [6.07, 6.45) is 0. The van der Waals surface area contributed by atoms with E-state index < -0.39 is 0 Å². The summed E-state index contributed by atoms with van der Waals surface area (Å²) in [5, 5.41) is 12.6. The van der Waals surface area contributed by atoms with Crippen LogP contribution in [0.2, 0.25) is 5.02 Å². The summed E-state index contributed by atoms with van der Waals surface area (Å²) in [5.41, 5.74) is 2.94. The van der Waals surface area contributed by atoms with Gasteiger partial charge < -0.3 is 5.32 Å². The lowest BCUT2D eigenvalue weighted by Gasteiger charge is -2.12. The van der Waals surface area contributed by atoms with Crippen LogP contribution in [0.1, 0.15) is 15.9 Å². The predicted octanol–water partition coefficient (Wildman–Crippen LogP) is 5.89. The van der Waals surface area contributed by atoms with Crippen LogP contribution in [-0.4, -0.2) is 5.91 Å². The molecular formula is C20H12BrClN2O. The zero-order valence-corrected chi connectivity index (χ0v) is 15.3. The molecule has 0 fully saturated rings. The smallest absolute Gasteiger partial charge is 0.256 e. The van der Waals surface area contributed by atoms with Gasteiger partial charge in [0.05, 0.1) is 22.3 Å². The molecule has 0 radical (unpaired) electrons. The number of halogens is 2. The van der Waals surface area contributed by atoms with Gasteiger partial charge in [0.2, 0.25) is 0 Å². The van der Waals surface area contributed by atoms with Crippen LogP contribution in [-0.2, 0) is 0 Å². The van der Waals surface area contributed by atoms with Crippen molar-refractivity contribution in [3.63, 3.8) is 0 Å². The average molecular weight is 412 g/mol. The molecule has 0 spiro atoms. The number of anilines is 1. The number of nitriles is 1. The first-order valence-corrected chi connectivity index (χ1v) is 8.62. The van der Waals surface area contributed by atoms with Gasteiger partial charge >= 0.3 is 0 Å². The first kappa shape index (κ1) is 17.2. The molecule has 5 heteroatoms. The Labute approximate surface area is 159 Å². The van der Waals surface area contributed by atoms with Gasteiger partial charge in [0, 0.05) is 15.6 Å². The fourth-order valence-corrected chi connectivity index (χ4v) is 3.23. The van der Waals surface area contributed by atoms with Crippen LogP contribution in [0.4, 0.5) is 5.69 Å². The molecule has 3 aromatic rings. The number of carbonyl (C=O) groups is 1. The quantitative estimate of drug-likeness (QED) is 0.584. The van der Waals surface area contributed by atoms with Crippen molar-refractivity contribution >= 4 is 39.1 Å². The fraction of sp³-hybridized carbons (Fsp3) is 0. The molecule has 0 bridgehead atoms. The highest BCUT2D eigenvalue weighted by Gasteiger charge is 2.15. The van der Waals surface area contributed by atoms with Gasteiger partial charge in [-0.1, -0.05) is 63.9 Å². The van der Waals surface area contributed by atoms with Crippen molar-refractivity contribution < 1.29 is 4.79 Å². The molecule has 0 aromatic heterocycles. The number of rotatable bonds is 3. The second-order valence-corrected chi connectivity index (χ2v) is 6.60. The summed E-state index contributed by atoms with van der Waals surface area (Å²) in [5.74, 6) is -0.285. The Hall–Kier alpha value is -2.61. The van der Waals surface area contributed by atoms with E-state index >= 15 is 0 Å². The third-order valence-corrected chi connectivity index (χ3v) is 4.49. The lowest BCUT2D eigenvalue weighted by molar-refractivity contribution is 0.102. The molecule has 0 saturated carbocycles. The van der Waals surface area contributed by atoms with Crippen molar-refractivity contribution in [3.05, 3.63) is 87.4 Å². The van der Waals surface area contributed by atoms with Crippen molar-refractivity contribution in [2.45, 2.75) is 0 Å².